The Balaban J connectivity index is 3.01. The minimum Gasteiger partial charge on any atom is -0.494 e. The van der Waals surface area contributed by atoms with Gasteiger partial charge in [0.15, 0.2) is 0 Å². The van der Waals surface area contributed by atoms with Gasteiger partial charge >= 0.3 is 6.61 Å². The average molecular weight is 257 g/mol. The molecule has 15 heavy (non-hydrogen) atoms. The molecule has 1 aromatic carbocycles. The topological polar surface area (TPSA) is 18.5 Å². The molecule has 0 amide bonds. The van der Waals surface area contributed by atoms with Crippen molar-refractivity contribution < 1.29 is 18.3 Å². The highest BCUT2D eigenvalue weighted by Crippen LogP contribution is 2.37. The standard InChI is InChI=1S/C9H8Cl2F2O2/c1-2-14-5-3-6(10)8(11)7(4-5)15-9(12)13/h3-4,9H,2H2,1H3. The first kappa shape index (κ1) is 12.3. The van der Waals surface area contributed by atoms with Crippen molar-refractivity contribution in [3.05, 3.63) is 22.2 Å². The van der Waals surface area contributed by atoms with Crippen LogP contribution in [0.4, 0.5) is 8.78 Å². The van der Waals surface area contributed by atoms with Gasteiger partial charge in [-0.3, -0.25) is 0 Å². The highest BCUT2D eigenvalue weighted by atomic mass is 35.5. The lowest BCUT2D eigenvalue weighted by Crippen LogP contribution is -2.03. The van der Waals surface area contributed by atoms with E-state index in [1.165, 1.54) is 12.1 Å². The maximum Gasteiger partial charge on any atom is 0.387 e. The van der Waals surface area contributed by atoms with Crippen molar-refractivity contribution in [1.82, 2.24) is 0 Å². The fraction of sp³-hybridized carbons (Fsp3) is 0.333. The molecule has 1 aromatic rings. The molecular formula is C9H8Cl2F2O2. The van der Waals surface area contributed by atoms with Crippen LogP contribution in [0.5, 0.6) is 11.5 Å². The molecule has 0 bridgehead atoms. The molecule has 0 spiro atoms. The fourth-order valence-electron chi connectivity index (χ4n) is 0.972. The van der Waals surface area contributed by atoms with E-state index in [2.05, 4.69) is 4.74 Å². The second-order valence-electron chi connectivity index (χ2n) is 2.53. The van der Waals surface area contributed by atoms with Crippen LogP contribution in [0.25, 0.3) is 0 Å². The second-order valence-corrected chi connectivity index (χ2v) is 3.31. The summed E-state index contributed by atoms with van der Waals surface area (Å²) in [4.78, 5) is 0. The second kappa shape index (κ2) is 5.37. The Morgan fingerprint density at radius 2 is 2.00 bits per heavy atom. The molecule has 6 heteroatoms. The van der Waals surface area contributed by atoms with E-state index in [1.54, 1.807) is 6.92 Å². The van der Waals surface area contributed by atoms with Crippen molar-refractivity contribution >= 4 is 23.2 Å². The highest BCUT2D eigenvalue weighted by molar-refractivity contribution is 6.43. The maximum atomic E-state index is 12.0. The number of ether oxygens (including phenoxy) is 2. The minimum absolute atomic E-state index is 0.0552. The Hall–Kier alpha value is -0.740. The number of hydrogen-bond acceptors (Lipinski definition) is 2. The van der Waals surface area contributed by atoms with Gasteiger partial charge < -0.3 is 9.47 Å². The molecule has 0 fully saturated rings. The van der Waals surface area contributed by atoms with E-state index >= 15 is 0 Å². The average Bonchev–Trinajstić information content (AvgIpc) is 2.13. The molecule has 0 unspecified atom stereocenters. The molecule has 84 valence electrons. The summed E-state index contributed by atoms with van der Waals surface area (Å²) < 4.78 is 33.2. The number of halogens is 4. The Kier molecular flexibility index (Phi) is 4.42. The van der Waals surface area contributed by atoms with Crippen LogP contribution in [0.1, 0.15) is 6.92 Å². The zero-order chi connectivity index (χ0) is 11.4. The van der Waals surface area contributed by atoms with Gasteiger partial charge in [-0.25, -0.2) is 0 Å². The van der Waals surface area contributed by atoms with Crippen molar-refractivity contribution in [2.75, 3.05) is 6.61 Å². The predicted octanol–water partition coefficient (Wildman–Crippen LogP) is 3.99. The first-order valence-corrected chi connectivity index (χ1v) is 4.86. The van der Waals surface area contributed by atoms with E-state index in [0.717, 1.165) is 0 Å². The smallest absolute Gasteiger partial charge is 0.387 e. The molecule has 0 aliphatic rings. The van der Waals surface area contributed by atoms with Gasteiger partial charge in [0.2, 0.25) is 0 Å². The van der Waals surface area contributed by atoms with Gasteiger partial charge in [-0.05, 0) is 6.92 Å². The van der Waals surface area contributed by atoms with Crippen molar-refractivity contribution in [2.45, 2.75) is 13.5 Å². The highest BCUT2D eigenvalue weighted by Gasteiger charge is 2.13. The van der Waals surface area contributed by atoms with Crippen LogP contribution in [-0.2, 0) is 0 Å². The normalized spacial score (nSPS) is 10.5. The van der Waals surface area contributed by atoms with E-state index in [1.807, 2.05) is 0 Å². The number of benzene rings is 1. The summed E-state index contributed by atoms with van der Waals surface area (Å²) in [7, 11) is 0. The van der Waals surface area contributed by atoms with Crippen molar-refractivity contribution in [3.8, 4) is 11.5 Å². The van der Waals surface area contributed by atoms with Crippen LogP contribution in [0, 0.1) is 0 Å². The Bertz CT molecular complexity index is 345. The number of alkyl halides is 2. The Labute approximate surface area is 95.7 Å². The SMILES string of the molecule is CCOc1cc(Cl)c(Cl)c(OC(F)F)c1. The molecule has 0 heterocycles. The van der Waals surface area contributed by atoms with E-state index in [-0.39, 0.29) is 15.8 Å². The molecule has 2 nitrogen and oxygen atoms in total. The maximum absolute atomic E-state index is 12.0. The summed E-state index contributed by atoms with van der Waals surface area (Å²) in [6.07, 6.45) is 0. The summed E-state index contributed by atoms with van der Waals surface area (Å²) in [6, 6.07) is 2.70. The molecule has 1 rings (SSSR count). The fourth-order valence-corrected chi connectivity index (χ4v) is 1.33. The van der Waals surface area contributed by atoms with Crippen LogP contribution < -0.4 is 9.47 Å². The van der Waals surface area contributed by atoms with Crippen molar-refractivity contribution in [3.63, 3.8) is 0 Å². The molecule has 0 saturated carbocycles. The van der Waals surface area contributed by atoms with Gasteiger partial charge in [0, 0.05) is 12.1 Å². The molecule has 0 aliphatic heterocycles. The van der Waals surface area contributed by atoms with Crippen LogP contribution >= 0.6 is 23.2 Å². The van der Waals surface area contributed by atoms with Crippen LogP contribution in [0.2, 0.25) is 10.0 Å². The van der Waals surface area contributed by atoms with Gasteiger partial charge in [0.25, 0.3) is 0 Å². The zero-order valence-corrected chi connectivity index (χ0v) is 9.28. The van der Waals surface area contributed by atoms with Crippen LogP contribution in [-0.4, -0.2) is 13.2 Å². The summed E-state index contributed by atoms with van der Waals surface area (Å²) in [6.45, 7) is -0.794. The third kappa shape index (κ3) is 3.39. The van der Waals surface area contributed by atoms with Crippen molar-refractivity contribution in [2.24, 2.45) is 0 Å². The summed E-state index contributed by atoms with van der Waals surface area (Å²) in [5, 5.41) is 0.0543. The molecule has 0 atom stereocenters. The molecule has 0 saturated heterocycles. The minimum atomic E-state index is -2.95. The lowest BCUT2D eigenvalue weighted by molar-refractivity contribution is -0.0498. The Morgan fingerprint density at radius 1 is 1.33 bits per heavy atom. The summed E-state index contributed by atoms with van der Waals surface area (Å²) in [5.74, 6) is 0.144. The zero-order valence-electron chi connectivity index (χ0n) is 7.77. The number of hydrogen-bond donors (Lipinski definition) is 0. The molecule has 0 aliphatic carbocycles. The molecule has 0 aromatic heterocycles. The van der Waals surface area contributed by atoms with Gasteiger partial charge in [0.1, 0.15) is 16.5 Å². The third-order valence-corrected chi connectivity index (χ3v) is 2.28. The van der Waals surface area contributed by atoms with E-state index in [9.17, 15) is 8.78 Å². The van der Waals surface area contributed by atoms with Crippen LogP contribution in [0.15, 0.2) is 12.1 Å². The lowest BCUT2D eigenvalue weighted by Gasteiger charge is -2.10. The van der Waals surface area contributed by atoms with Gasteiger partial charge in [0.05, 0.1) is 11.6 Å². The first-order valence-electron chi connectivity index (χ1n) is 4.11. The van der Waals surface area contributed by atoms with Gasteiger partial charge in [-0.15, -0.1) is 0 Å². The molecular weight excluding hydrogens is 249 g/mol. The van der Waals surface area contributed by atoms with Gasteiger partial charge in [-0.1, -0.05) is 23.2 Å². The Morgan fingerprint density at radius 3 is 2.53 bits per heavy atom. The third-order valence-electron chi connectivity index (χ3n) is 1.50. The quantitative estimate of drug-likeness (QED) is 0.811. The van der Waals surface area contributed by atoms with Crippen LogP contribution in [0.3, 0.4) is 0 Å². The first-order chi connectivity index (χ1) is 7.04. The summed E-state index contributed by atoms with van der Waals surface area (Å²) in [5.41, 5.74) is 0. The summed E-state index contributed by atoms with van der Waals surface area (Å²) >= 11 is 11.4. The van der Waals surface area contributed by atoms with E-state index < -0.39 is 6.61 Å². The van der Waals surface area contributed by atoms with Crippen molar-refractivity contribution in [1.29, 1.82) is 0 Å². The predicted molar refractivity (Wildman–Crippen MR) is 54.3 cm³/mol. The van der Waals surface area contributed by atoms with Gasteiger partial charge in [-0.2, -0.15) is 8.78 Å². The van der Waals surface area contributed by atoms with E-state index in [4.69, 9.17) is 27.9 Å². The molecule has 0 N–H and O–H groups in total. The number of rotatable bonds is 4. The monoisotopic (exact) mass is 256 g/mol. The lowest BCUT2D eigenvalue weighted by atomic mass is 10.3. The van der Waals surface area contributed by atoms with E-state index in [0.29, 0.717) is 12.4 Å². The molecule has 0 radical (unpaired) electrons. The largest absolute Gasteiger partial charge is 0.494 e.